The molecule has 0 amide bonds. The van der Waals surface area contributed by atoms with Gasteiger partial charge < -0.3 is 5.32 Å². The maximum atomic E-state index is 10.9. The van der Waals surface area contributed by atoms with Gasteiger partial charge >= 0.3 is 5.69 Å². The van der Waals surface area contributed by atoms with E-state index in [1.54, 1.807) is 11.3 Å². The van der Waals surface area contributed by atoms with Crippen LogP contribution in [0.5, 0.6) is 0 Å². The lowest BCUT2D eigenvalue weighted by atomic mass is 10.2. The van der Waals surface area contributed by atoms with Crippen molar-refractivity contribution < 1.29 is 4.92 Å². The predicted octanol–water partition coefficient (Wildman–Crippen LogP) is 3.99. The lowest BCUT2D eigenvalue weighted by Gasteiger charge is -2.13. The number of halogens is 1. The van der Waals surface area contributed by atoms with Gasteiger partial charge in [-0.2, -0.15) is 11.3 Å². The Morgan fingerprint density at radius 2 is 2.39 bits per heavy atom. The molecule has 2 heterocycles. The van der Waals surface area contributed by atoms with E-state index >= 15 is 0 Å². The number of nitrogens with zero attached hydrogens (tertiary/aromatic N) is 2. The monoisotopic (exact) mass is 327 g/mol. The summed E-state index contributed by atoms with van der Waals surface area (Å²) in [7, 11) is 0. The fourth-order valence-electron chi connectivity index (χ4n) is 1.49. The third-order valence-electron chi connectivity index (χ3n) is 2.43. The van der Waals surface area contributed by atoms with Crippen LogP contribution in [0, 0.1) is 10.1 Å². The molecule has 2 rings (SSSR count). The van der Waals surface area contributed by atoms with Crippen LogP contribution in [0.3, 0.4) is 0 Å². The van der Waals surface area contributed by atoms with Crippen LogP contribution in [0.4, 0.5) is 11.5 Å². The molecule has 0 spiro atoms. The molecule has 0 bridgehead atoms. The number of rotatable bonds is 4. The molecule has 0 aliphatic carbocycles. The first-order valence-corrected chi connectivity index (χ1v) is 6.90. The number of hydrogen-bond acceptors (Lipinski definition) is 5. The van der Waals surface area contributed by atoms with Gasteiger partial charge in [-0.1, -0.05) is 0 Å². The first-order valence-electron chi connectivity index (χ1n) is 5.16. The molecule has 1 unspecified atom stereocenters. The van der Waals surface area contributed by atoms with Gasteiger partial charge in [0.2, 0.25) is 5.82 Å². The molecular weight excluding hydrogens is 318 g/mol. The number of thiophene rings is 1. The number of aromatic nitrogens is 1. The molecular formula is C11H10BrN3O2S. The zero-order chi connectivity index (χ0) is 13.1. The van der Waals surface area contributed by atoms with Gasteiger partial charge in [0, 0.05) is 16.7 Å². The SMILES string of the molecule is CC(Nc1ncc(Br)cc1[N+](=O)[O-])c1ccsc1. The predicted molar refractivity (Wildman–Crippen MR) is 74.9 cm³/mol. The lowest BCUT2D eigenvalue weighted by Crippen LogP contribution is -2.09. The summed E-state index contributed by atoms with van der Waals surface area (Å²) in [6, 6.07) is 3.39. The lowest BCUT2D eigenvalue weighted by molar-refractivity contribution is -0.384. The fourth-order valence-corrected chi connectivity index (χ4v) is 2.56. The van der Waals surface area contributed by atoms with Crippen LogP contribution < -0.4 is 5.32 Å². The Labute approximate surface area is 116 Å². The second kappa shape index (κ2) is 5.45. The molecule has 2 aromatic rings. The van der Waals surface area contributed by atoms with Crippen molar-refractivity contribution in [2.75, 3.05) is 5.32 Å². The minimum atomic E-state index is -0.444. The van der Waals surface area contributed by atoms with Gasteiger partial charge in [0.1, 0.15) is 0 Å². The summed E-state index contributed by atoms with van der Waals surface area (Å²) in [5.41, 5.74) is 1.05. The average Bonchev–Trinajstić information content (AvgIpc) is 2.84. The molecule has 0 aliphatic heterocycles. The summed E-state index contributed by atoms with van der Waals surface area (Å²) >= 11 is 4.77. The Morgan fingerprint density at radius 1 is 1.61 bits per heavy atom. The van der Waals surface area contributed by atoms with E-state index in [4.69, 9.17) is 0 Å². The molecule has 1 N–H and O–H groups in total. The summed E-state index contributed by atoms with van der Waals surface area (Å²) in [5, 5.41) is 18.0. The Morgan fingerprint density at radius 3 is 3.00 bits per heavy atom. The molecule has 0 aliphatic rings. The zero-order valence-corrected chi connectivity index (χ0v) is 11.9. The van der Waals surface area contributed by atoms with E-state index in [-0.39, 0.29) is 17.5 Å². The highest BCUT2D eigenvalue weighted by Gasteiger charge is 2.18. The highest BCUT2D eigenvalue weighted by molar-refractivity contribution is 9.10. The van der Waals surface area contributed by atoms with Gasteiger partial charge in [0.05, 0.1) is 11.0 Å². The topological polar surface area (TPSA) is 68.1 Å². The Hall–Kier alpha value is -1.47. The first kappa shape index (κ1) is 13.0. The summed E-state index contributed by atoms with van der Waals surface area (Å²) < 4.78 is 0.586. The van der Waals surface area contributed by atoms with Crippen molar-refractivity contribution in [1.82, 2.24) is 4.98 Å². The molecule has 0 saturated carbocycles. The van der Waals surface area contributed by atoms with Crippen molar-refractivity contribution in [3.05, 3.63) is 49.2 Å². The highest BCUT2D eigenvalue weighted by Crippen LogP contribution is 2.28. The number of nitrogens with one attached hydrogen (secondary N) is 1. The van der Waals surface area contributed by atoms with Gasteiger partial charge in [-0.25, -0.2) is 4.98 Å². The van der Waals surface area contributed by atoms with Crippen molar-refractivity contribution >= 4 is 38.8 Å². The van der Waals surface area contributed by atoms with Crippen molar-refractivity contribution in [1.29, 1.82) is 0 Å². The van der Waals surface area contributed by atoms with Crippen LogP contribution in [0.1, 0.15) is 18.5 Å². The second-order valence-corrected chi connectivity index (χ2v) is 5.40. The van der Waals surface area contributed by atoms with Gasteiger partial charge in [-0.3, -0.25) is 10.1 Å². The van der Waals surface area contributed by atoms with Gasteiger partial charge in [0.25, 0.3) is 0 Å². The second-order valence-electron chi connectivity index (χ2n) is 3.70. The minimum Gasteiger partial charge on any atom is -0.358 e. The normalized spacial score (nSPS) is 12.1. The Bertz CT molecular complexity index is 559. The maximum absolute atomic E-state index is 10.9. The number of anilines is 1. The van der Waals surface area contributed by atoms with Crippen molar-refractivity contribution in [2.45, 2.75) is 13.0 Å². The maximum Gasteiger partial charge on any atom is 0.312 e. The standard InChI is InChI=1S/C11H10BrN3O2S/c1-7(8-2-3-18-6-8)14-11-10(15(16)17)4-9(12)5-13-11/h2-7H,1H3,(H,13,14). The number of hydrogen-bond donors (Lipinski definition) is 1. The van der Waals surface area contributed by atoms with Crippen molar-refractivity contribution in [3.63, 3.8) is 0 Å². The van der Waals surface area contributed by atoms with Crippen LogP contribution in [-0.2, 0) is 0 Å². The quantitative estimate of drug-likeness (QED) is 0.681. The van der Waals surface area contributed by atoms with Crippen molar-refractivity contribution in [3.8, 4) is 0 Å². The fraction of sp³-hybridized carbons (Fsp3) is 0.182. The number of nitro groups is 1. The number of pyridine rings is 1. The molecule has 2 aromatic heterocycles. The minimum absolute atomic E-state index is 0.0244. The van der Waals surface area contributed by atoms with Gasteiger partial charge in [-0.15, -0.1) is 0 Å². The molecule has 0 radical (unpaired) electrons. The van der Waals surface area contributed by atoms with Crippen molar-refractivity contribution in [2.24, 2.45) is 0 Å². The third-order valence-corrected chi connectivity index (χ3v) is 3.56. The first-order chi connectivity index (χ1) is 8.58. The van der Waals surface area contributed by atoms with E-state index in [1.807, 2.05) is 23.8 Å². The van der Waals surface area contributed by atoms with Crippen LogP contribution in [0.2, 0.25) is 0 Å². The van der Waals surface area contributed by atoms with E-state index in [9.17, 15) is 10.1 Å². The smallest absolute Gasteiger partial charge is 0.312 e. The third kappa shape index (κ3) is 2.85. The Balaban J connectivity index is 2.26. The van der Waals surface area contributed by atoms with E-state index < -0.39 is 4.92 Å². The summed E-state index contributed by atoms with van der Waals surface area (Å²) in [4.78, 5) is 14.6. The molecule has 0 saturated heterocycles. The van der Waals surface area contributed by atoms with E-state index in [1.165, 1.54) is 12.3 Å². The molecule has 18 heavy (non-hydrogen) atoms. The molecule has 0 fully saturated rings. The van der Waals surface area contributed by atoms with E-state index in [0.717, 1.165) is 5.56 Å². The summed E-state index contributed by atoms with van der Waals surface area (Å²) in [6.45, 7) is 1.94. The molecule has 5 nitrogen and oxygen atoms in total. The Kier molecular flexibility index (Phi) is 3.93. The van der Waals surface area contributed by atoms with Crippen LogP contribution in [-0.4, -0.2) is 9.91 Å². The zero-order valence-electron chi connectivity index (χ0n) is 9.46. The molecule has 0 aromatic carbocycles. The molecule has 94 valence electrons. The van der Waals surface area contributed by atoms with Crippen LogP contribution in [0.25, 0.3) is 0 Å². The van der Waals surface area contributed by atoms with E-state index in [0.29, 0.717) is 4.47 Å². The summed E-state index contributed by atoms with van der Waals surface area (Å²) in [5.74, 6) is 0.280. The van der Waals surface area contributed by atoms with Gasteiger partial charge in [-0.05, 0) is 45.2 Å². The molecule has 7 heteroatoms. The van der Waals surface area contributed by atoms with Gasteiger partial charge in [0.15, 0.2) is 0 Å². The van der Waals surface area contributed by atoms with Crippen LogP contribution >= 0.6 is 27.3 Å². The largest absolute Gasteiger partial charge is 0.358 e. The highest BCUT2D eigenvalue weighted by atomic mass is 79.9. The van der Waals surface area contributed by atoms with E-state index in [2.05, 4.69) is 26.2 Å². The average molecular weight is 328 g/mol. The van der Waals surface area contributed by atoms with Crippen LogP contribution in [0.15, 0.2) is 33.6 Å². The summed E-state index contributed by atoms with van der Waals surface area (Å²) in [6.07, 6.45) is 1.54. The molecule has 1 atom stereocenters.